The summed E-state index contributed by atoms with van der Waals surface area (Å²) in [7, 11) is 0. The van der Waals surface area contributed by atoms with Gasteiger partial charge >= 0.3 is 0 Å². The molecule has 0 unspecified atom stereocenters. The quantitative estimate of drug-likeness (QED) is 0.865. The molecule has 0 saturated heterocycles. The van der Waals surface area contributed by atoms with Crippen LogP contribution in [0.15, 0.2) is 34.8 Å². The maximum Gasteiger partial charge on any atom is 0.137 e. The maximum absolute atomic E-state index is 12.8. The number of rotatable bonds is 1. The zero-order chi connectivity index (χ0) is 11.7. The molecule has 0 fully saturated rings. The minimum Gasteiger partial charge on any atom is -0.506 e. The summed E-state index contributed by atoms with van der Waals surface area (Å²) in [5, 5.41) is 9.46. The highest BCUT2D eigenvalue weighted by Crippen LogP contribution is 2.30. The van der Waals surface area contributed by atoms with Crippen LogP contribution >= 0.6 is 15.9 Å². The van der Waals surface area contributed by atoms with E-state index >= 15 is 0 Å². The highest BCUT2D eigenvalue weighted by molar-refractivity contribution is 9.10. The molecule has 0 aliphatic carbocycles. The van der Waals surface area contributed by atoms with Crippen molar-refractivity contribution in [1.29, 1.82) is 0 Å². The predicted octanol–water partition coefficient (Wildman–Crippen LogP) is 3.66. The van der Waals surface area contributed by atoms with Crippen molar-refractivity contribution in [1.82, 2.24) is 4.98 Å². The molecule has 4 heteroatoms. The molecular weight excluding hydrogens is 273 g/mol. The van der Waals surface area contributed by atoms with Crippen LogP contribution in [-0.4, -0.2) is 10.1 Å². The van der Waals surface area contributed by atoms with Crippen LogP contribution in [0.2, 0.25) is 0 Å². The second-order valence-corrected chi connectivity index (χ2v) is 4.28. The summed E-state index contributed by atoms with van der Waals surface area (Å²) in [6.07, 6.45) is 0. The predicted molar refractivity (Wildman–Crippen MR) is 63.7 cm³/mol. The number of nitrogens with zero attached hydrogens (tertiary/aromatic N) is 1. The van der Waals surface area contributed by atoms with Crippen LogP contribution in [0.3, 0.4) is 0 Å². The number of hydrogen-bond acceptors (Lipinski definition) is 2. The van der Waals surface area contributed by atoms with Gasteiger partial charge in [-0.15, -0.1) is 0 Å². The highest BCUT2D eigenvalue weighted by Gasteiger charge is 2.08. The van der Waals surface area contributed by atoms with Crippen molar-refractivity contribution in [3.63, 3.8) is 0 Å². The molecule has 2 rings (SSSR count). The van der Waals surface area contributed by atoms with E-state index in [1.807, 2.05) is 0 Å². The lowest BCUT2D eigenvalue weighted by atomic mass is 10.1. The molecule has 1 heterocycles. The third-order valence-corrected chi connectivity index (χ3v) is 2.86. The fraction of sp³-hybridized carbons (Fsp3) is 0.0833. The Labute approximate surface area is 101 Å². The SMILES string of the molecule is Cc1nc(-c2ccc(F)cc2)c(Br)cc1O. The Morgan fingerprint density at radius 3 is 2.50 bits per heavy atom. The first-order valence-corrected chi connectivity index (χ1v) is 5.49. The van der Waals surface area contributed by atoms with Gasteiger partial charge in [0.25, 0.3) is 0 Å². The van der Waals surface area contributed by atoms with Gasteiger partial charge in [0.05, 0.1) is 11.4 Å². The zero-order valence-electron chi connectivity index (χ0n) is 8.54. The summed E-state index contributed by atoms with van der Waals surface area (Å²) in [4.78, 5) is 4.25. The second-order valence-electron chi connectivity index (χ2n) is 3.43. The van der Waals surface area contributed by atoms with Crippen molar-refractivity contribution < 1.29 is 9.50 Å². The zero-order valence-corrected chi connectivity index (χ0v) is 10.1. The molecule has 0 saturated carbocycles. The molecule has 0 bridgehead atoms. The maximum atomic E-state index is 12.8. The number of aryl methyl sites for hydroxylation is 1. The first-order chi connectivity index (χ1) is 7.58. The van der Waals surface area contributed by atoms with Gasteiger partial charge in [-0.25, -0.2) is 9.37 Å². The van der Waals surface area contributed by atoms with Gasteiger partial charge < -0.3 is 5.11 Å². The van der Waals surface area contributed by atoms with Gasteiger partial charge in [0.15, 0.2) is 0 Å². The standard InChI is InChI=1S/C12H9BrFNO/c1-7-11(16)6-10(13)12(15-7)8-2-4-9(14)5-3-8/h2-6,16H,1H3. The number of hydrogen-bond donors (Lipinski definition) is 1. The summed E-state index contributed by atoms with van der Waals surface area (Å²) in [6.45, 7) is 1.72. The van der Waals surface area contributed by atoms with E-state index in [1.54, 1.807) is 25.1 Å². The van der Waals surface area contributed by atoms with E-state index in [1.165, 1.54) is 12.1 Å². The van der Waals surface area contributed by atoms with Crippen LogP contribution in [-0.2, 0) is 0 Å². The molecular formula is C12H9BrFNO. The van der Waals surface area contributed by atoms with E-state index < -0.39 is 0 Å². The molecule has 0 aliphatic heterocycles. The van der Waals surface area contributed by atoms with Gasteiger partial charge in [0, 0.05) is 10.0 Å². The van der Waals surface area contributed by atoms with Crippen molar-refractivity contribution in [2.75, 3.05) is 0 Å². The van der Waals surface area contributed by atoms with Crippen molar-refractivity contribution in [2.24, 2.45) is 0 Å². The smallest absolute Gasteiger partial charge is 0.137 e. The Kier molecular flexibility index (Phi) is 2.92. The minimum absolute atomic E-state index is 0.137. The Morgan fingerprint density at radius 2 is 1.88 bits per heavy atom. The molecule has 0 spiro atoms. The average molecular weight is 282 g/mol. The fourth-order valence-corrected chi connectivity index (χ4v) is 1.92. The monoisotopic (exact) mass is 281 g/mol. The van der Waals surface area contributed by atoms with E-state index in [0.29, 0.717) is 15.9 Å². The van der Waals surface area contributed by atoms with Crippen LogP contribution < -0.4 is 0 Å². The minimum atomic E-state index is -0.282. The Bertz CT molecular complexity index is 525. The lowest BCUT2D eigenvalue weighted by Crippen LogP contribution is -1.89. The van der Waals surface area contributed by atoms with Gasteiger partial charge in [-0.1, -0.05) is 0 Å². The number of pyridine rings is 1. The first-order valence-electron chi connectivity index (χ1n) is 4.70. The van der Waals surface area contributed by atoms with Gasteiger partial charge in [0.2, 0.25) is 0 Å². The normalized spacial score (nSPS) is 10.4. The van der Waals surface area contributed by atoms with Gasteiger partial charge in [-0.05, 0) is 53.2 Å². The van der Waals surface area contributed by atoms with Gasteiger partial charge in [-0.2, -0.15) is 0 Å². The fourth-order valence-electron chi connectivity index (χ4n) is 1.38. The summed E-state index contributed by atoms with van der Waals surface area (Å²) in [5.74, 6) is -0.145. The van der Waals surface area contributed by atoms with Crippen molar-refractivity contribution in [2.45, 2.75) is 6.92 Å². The summed E-state index contributed by atoms with van der Waals surface area (Å²) in [6, 6.07) is 7.65. The molecule has 2 aromatic rings. The number of aromatic nitrogens is 1. The topological polar surface area (TPSA) is 33.1 Å². The molecule has 1 aromatic heterocycles. The van der Waals surface area contributed by atoms with E-state index in [-0.39, 0.29) is 11.6 Å². The van der Waals surface area contributed by atoms with E-state index in [2.05, 4.69) is 20.9 Å². The van der Waals surface area contributed by atoms with Crippen LogP contribution in [0, 0.1) is 12.7 Å². The highest BCUT2D eigenvalue weighted by atomic mass is 79.9. The van der Waals surface area contributed by atoms with Gasteiger partial charge in [-0.3, -0.25) is 0 Å². The van der Waals surface area contributed by atoms with Crippen molar-refractivity contribution in [3.8, 4) is 17.0 Å². The van der Waals surface area contributed by atoms with Crippen molar-refractivity contribution in [3.05, 3.63) is 46.3 Å². The van der Waals surface area contributed by atoms with Gasteiger partial charge in [0.1, 0.15) is 11.6 Å². The van der Waals surface area contributed by atoms with Crippen LogP contribution in [0.5, 0.6) is 5.75 Å². The van der Waals surface area contributed by atoms with Crippen molar-refractivity contribution >= 4 is 15.9 Å². The lowest BCUT2D eigenvalue weighted by molar-refractivity contribution is 0.467. The van der Waals surface area contributed by atoms with Crippen LogP contribution in [0.4, 0.5) is 4.39 Å². The lowest BCUT2D eigenvalue weighted by Gasteiger charge is -2.06. The van der Waals surface area contributed by atoms with E-state index in [0.717, 1.165) is 5.56 Å². The molecule has 0 radical (unpaired) electrons. The summed E-state index contributed by atoms with van der Waals surface area (Å²) < 4.78 is 13.5. The largest absolute Gasteiger partial charge is 0.506 e. The average Bonchev–Trinajstić information content (AvgIpc) is 2.25. The Hall–Kier alpha value is -1.42. The van der Waals surface area contributed by atoms with Crippen LogP contribution in [0.25, 0.3) is 11.3 Å². The van der Waals surface area contributed by atoms with Crippen LogP contribution in [0.1, 0.15) is 5.69 Å². The molecule has 1 aromatic carbocycles. The third-order valence-electron chi connectivity index (χ3n) is 2.26. The molecule has 1 N–H and O–H groups in total. The molecule has 82 valence electrons. The molecule has 2 nitrogen and oxygen atoms in total. The summed E-state index contributed by atoms with van der Waals surface area (Å²) in [5.41, 5.74) is 2.04. The number of benzene rings is 1. The number of aromatic hydroxyl groups is 1. The second kappa shape index (κ2) is 4.22. The molecule has 0 amide bonds. The Balaban J connectivity index is 2.56. The van der Waals surface area contributed by atoms with E-state index in [4.69, 9.17) is 0 Å². The third kappa shape index (κ3) is 2.07. The first kappa shape index (κ1) is 11.1. The molecule has 0 atom stereocenters. The number of halogens is 2. The van der Waals surface area contributed by atoms with E-state index in [9.17, 15) is 9.50 Å². The molecule has 16 heavy (non-hydrogen) atoms. The molecule has 0 aliphatic rings. The summed E-state index contributed by atoms with van der Waals surface area (Å²) >= 11 is 3.32. The Morgan fingerprint density at radius 1 is 1.25 bits per heavy atom.